The second-order valence-electron chi connectivity index (χ2n) is 3.85. The lowest BCUT2D eigenvalue weighted by atomic mass is 10.3. The Balaban J connectivity index is 2.37. The normalized spacial score (nSPS) is 12.2. The zero-order chi connectivity index (χ0) is 12.5. The maximum absolute atomic E-state index is 5.45. The van der Waals surface area contributed by atoms with E-state index in [2.05, 4.69) is 35.4 Å². The van der Waals surface area contributed by atoms with Gasteiger partial charge >= 0.3 is 0 Å². The number of hydrogen-bond donors (Lipinski definition) is 1. The Morgan fingerprint density at radius 3 is 3.00 bits per heavy atom. The molecular formula is C12H21N3OS. The highest BCUT2D eigenvalue weighted by atomic mass is 32.2. The van der Waals surface area contributed by atoms with E-state index in [9.17, 15) is 0 Å². The van der Waals surface area contributed by atoms with E-state index in [4.69, 9.17) is 4.74 Å². The monoisotopic (exact) mass is 255 g/mol. The van der Waals surface area contributed by atoms with Crippen molar-refractivity contribution in [3.8, 4) is 5.88 Å². The van der Waals surface area contributed by atoms with E-state index >= 15 is 0 Å². The summed E-state index contributed by atoms with van der Waals surface area (Å²) in [5.74, 6) is 1.47. The van der Waals surface area contributed by atoms with Gasteiger partial charge in [-0.05, 0) is 19.1 Å². The number of rotatable bonds is 8. The summed E-state index contributed by atoms with van der Waals surface area (Å²) in [4.78, 5) is 8.22. The molecule has 0 saturated heterocycles. The van der Waals surface area contributed by atoms with E-state index in [1.165, 1.54) is 6.33 Å². The zero-order valence-electron chi connectivity index (χ0n) is 10.8. The molecule has 1 unspecified atom stereocenters. The van der Waals surface area contributed by atoms with Gasteiger partial charge in [-0.25, -0.2) is 9.97 Å². The molecule has 1 aromatic heterocycles. The number of anilines is 1. The van der Waals surface area contributed by atoms with Crippen molar-refractivity contribution in [2.45, 2.75) is 31.9 Å². The van der Waals surface area contributed by atoms with Crippen molar-refractivity contribution in [2.75, 3.05) is 24.7 Å². The fraction of sp³-hybridized carbons (Fsp3) is 0.667. The molecule has 4 nitrogen and oxygen atoms in total. The first-order chi connectivity index (χ1) is 8.26. The molecule has 96 valence electrons. The van der Waals surface area contributed by atoms with Crippen LogP contribution in [0.15, 0.2) is 12.4 Å². The van der Waals surface area contributed by atoms with Gasteiger partial charge in [0.1, 0.15) is 12.1 Å². The fourth-order valence-electron chi connectivity index (χ4n) is 1.24. The third-order valence-electron chi connectivity index (χ3n) is 2.36. The van der Waals surface area contributed by atoms with Gasteiger partial charge in [0.25, 0.3) is 0 Å². The second kappa shape index (κ2) is 8.17. The van der Waals surface area contributed by atoms with E-state index in [1.54, 1.807) is 0 Å². The van der Waals surface area contributed by atoms with Gasteiger partial charge in [0.15, 0.2) is 0 Å². The Hall–Kier alpha value is -0.970. The predicted octanol–water partition coefficient (Wildman–Crippen LogP) is 2.82. The van der Waals surface area contributed by atoms with Crippen molar-refractivity contribution >= 4 is 17.6 Å². The third-order valence-corrected chi connectivity index (χ3v) is 3.40. The van der Waals surface area contributed by atoms with Gasteiger partial charge in [0, 0.05) is 17.9 Å². The predicted molar refractivity (Wildman–Crippen MR) is 73.9 cm³/mol. The molecule has 5 heteroatoms. The maximum atomic E-state index is 5.45. The molecule has 1 N–H and O–H groups in total. The molecule has 0 spiro atoms. The van der Waals surface area contributed by atoms with E-state index in [0.717, 1.165) is 25.2 Å². The van der Waals surface area contributed by atoms with Crippen LogP contribution in [-0.4, -0.2) is 34.6 Å². The van der Waals surface area contributed by atoms with E-state index in [-0.39, 0.29) is 0 Å². The average Bonchev–Trinajstić information content (AvgIpc) is 2.36. The topological polar surface area (TPSA) is 47.0 Å². The van der Waals surface area contributed by atoms with Crippen molar-refractivity contribution in [1.82, 2.24) is 9.97 Å². The Morgan fingerprint density at radius 2 is 2.29 bits per heavy atom. The first kappa shape index (κ1) is 14.1. The number of thioether (sulfide) groups is 1. The van der Waals surface area contributed by atoms with Gasteiger partial charge in [0.05, 0.1) is 6.61 Å². The van der Waals surface area contributed by atoms with E-state index < -0.39 is 0 Å². The number of aromatic nitrogens is 2. The molecule has 17 heavy (non-hydrogen) atoms. The first-order valence-corrected chi connectivity index (χ1v) is 7.26. The summed E-state index contributed by atoms with van der Waals surface area (Å²) in [5, 5.41) is 3.95. The summed E-state index contributed by atoms with van der Waals surface area (Å²) in [6.45, 7) is 5.92. The van der Waals surface area contributed by atoms with Crippen molar-refractivity contribution in [3.63, 3.8) is 0 Å². The van der Waals surface area contributed by atoms with Crippen LogP contribution >= 0.6 is 11.8 Å². The van der Waals surface area contributed by atoms with Crippen molar-refractivity contribution in [3.05, 3.63) is 12.4 Å². The SMILES string of the molecule is CCCOc1cc(NCCC(C)SC)ncn1. The van der Waals surface area contributed by atoms with Crippen LogP contribution in [0.4, 0.5) is 5.82 Å². The third kappa shape index (κ3) is 5.77. The highest BCUT2D eigenvalue weighted by Crippen LogP contribution is 2.13. The van der Waals surface area contributed by atoms with Crippen LogP contribution in [0.5, 0.6) is 5.88 Å². The molecular weight excluding hydrogens is 234 g/mol. The van der Waals surface area contributed by atoms with Gasteiger partial charge in [-0.1, -0.05) is 13.8 Å². The lowest BCUT2D eigenvalue weighted by molar-refractivity contribution is 0.305. The van der Waals surface area contributed by atoms with Crippen LogP contribution < -0.4 is 10.1 Å². The molecule has 1 aromatic rings. The van der Waals surface area contributed by atoms with Gasteiger partial charge in [-0.2, -0.15) is 11.8 Å². The number of ether oxygens (including phenoxy) is 1. The largest absolute Gasteiger partial charge is 0.478 e. The standard InChI is InChI=1S/C12H21N3OS/c1-4-7-16-12-8-11(14-9-15-12)13-6-5-10(2)17-3/h8-10H,4-7H2,1-3H3,(H,13,14,15). The Morgan fingerprint density at radius 1 is 1.47 bits per heavy atom. The van der Waals surface area contributed by atoms with Crippen LogP contribution in [0.25, 0.3) is 0 Å². The summed E-state index contributed by atoms with van der Waals surface area (Å²) < 4.78 is 5.45. The molecule has 0 amide bonds. The number of hydrogen-bond acceptors (Lipinski definition) is 5. The minimum atomic E-state index is 0.641. The minimum absolute atomic E-state index is 0.641. The molecule has 0 aliphatic carbocycles. The first-order valence-electron chi connectivity index (χ1n) is 5.97. The molecule has 0 bridgehead atoms. The number of nitrogens with one attached hydrogen (secondary N) is 1. The molecule has 1 heterocycles. The van der Waals surface area contributed by atoms with Gasteiger partial charge in [-0.15, -0.1) is 0 Å². The van der Waals surface area contributed by atoms with Crippen molar-refractivity contribution in [2.24, 2.45) is 0 Å². The lowest BCUT2D eigenvalue weighted by Crippen LogP contribution is -2.09. The maximum Gasteiger partial charge on any atom is 0.218 e. The Kier molecular flexibility index (Phi) is 6.77. The van der Waals surface area contributed by atoms with Crippen LogP contribution in [-0.2, 0) is 0 Å². The fourth-order valence-corrected chi connectivity index (χ4v) is 1.60. The minimum Gasteiger partial charge on any atom is -0.478 e. The molecule has 1 atom stereocenters. The molecule has 0 aliphatic rings. The van der Waals surface area contributed by atoms with E-state index in [1.807, 2.05) is 17.8 Å². The quantitative estimate of drug-likeness (QED) is 0.774. The highest BCUT2D eigenvalue weighted by Gasteiger charge is 2.01. The second-order valence-corrected chi connectivity index (χ2v) is 5.13. The molecule has 1 rings (SSSR count). The van der Waals surface area contributed by atoms with E-state index in [0.29, 0.717) is 17.7 Å². The molecule has 0 radical (unpaired) electrons. The highest BCUT2D eigenvalue weighted by molar-refractivity contribution is 7.99. The summed E-state index contributed by atoms with van der Waals surface area (Å²) in [5.41, 5.74) is 0. The van der Waals surface area contributed by atoms with Gasteiger partial charge < -0.3 is 10.1 Å². The Labute approximate surface area is 108 Å². The summed E-state index contributed by atoms with van der Waals surface area (Å²) in [6.07, 6.45) is 5.77. The van der Waals surface area contributed by atoms with Gasteiger partial charge in [-0.3, -0.25) is 0 Å². The van der Waals surface area contributed by atoms with Crippen LogP contribution in [0.2, 0.25) is 0 Å². The molecule has 0 saturated carbocycles. The average molecular weight is 255 g/mol. The number of nitrogens with zero attached hydrogens (tertiary/aromatic N) is 2. The van der Waals surface area contributed by atoms with Crippen LogP contribution in [0.3, 0.4) is 0 Å². The summed E-state index contributed by atoms with van der Waals surface area (Å²) in [6, 6.07) is 1.85. The van der Waals surface area contributed by atoms with Gasteiger partial charge in [0.2, 0.25) is 5.88 Å². The van der Waals surface area contributed by atoms with Crippen molar-refractivity contribution in [1.29, 1.82) is 0 Å². The molecule has 0 fully saturated rings. The molecule has 0 aromatic carbocycles. The van der Waals surface area contributed by atoms with Crippen molar-refractivity contribution < 1.29 is 4.74 Å². The summed E-state index contributed by atoms with van der Waals surface area (Å²) in [7, 11) is 0. The summed E-state index contributed by atoms with van der Waals surface area (Å²) >= 11 is 1.88. The lowest BCUT2D eigenvalue weighted by Gasteiger charge is -2.10. The zero-order valence-corrected chi connectivity index (χ0v) is 11.6. The Bertz CT molecular complexity index is 322. The smallest absolute Gasteiger partial charge is 0.218 e. The molecule has 0 aliphatic heterocycles. The van der Waals surface area contributed by atoms with Crippen LogP contribution in [0.1, 0.15) is 26.7 Å². The van der Waals surface area contributed by atoms with Crippen LogP contribution in [0, 0.1) is 0 Å².